The minimum absolute atomic E-state index is 0.154. The molecule has 0 aliphatic carbocycles. The number of ether oxygens (including phenoxy) is 1. The van der Waals surface area contributed by atoms with Gasteiger partial charge in [-0.15, -0.1) is 0 Å². The minimum atomic E-state index is -1.30. The van der Waals surface area contributed by atoms with E-state index in [0.717, 1.165) is 7.11 Å². The second-order valence-corrected chi connectivity index (χ2v) is 2.94. The molecule has 86 valence electrons. The molecular weight excluding hydrogens is 221 g/mol. The van der Waals surface area contributed by atoms with Gasteiger partial charge >= 0.3 is 5.97 Å². The molecule has 16 heavy (non-hydrogen) atoms. The van der Waals surface area contributed by atoms with Crippen molar-refractivity contribution in [3.8, 4) is 0 Å². The van der Waals surface area contributed by atoms with Crippen molar-refractivity contribution >= 4 is 11.5 Å². The van der Waals surface area contributed by atoms with Gasteiger partial charge in [-0.25, -0.2) is 18.0 Å². The fourth-order valence-corrected chi connectivity index (χ4v) is 1.22. The Labute approximate surface area is 90.3 Å². The van der Waals surface area contributed by atoms with Crippen LogP contribution in [0.4, 0.5) is 13.2 Å². The maximum atomic E-state index is 13.3. The molecule has 0 aromatic heterocycles. The highest BCUT2D eigenvalue weighted by molar-refractivity contribution is 6.16. The van der Waals surface area contributed by atoms with Crippen molar-refractivity contribution in [3.05, 3.63) is 41.2 Å². The van der Waals surface area contributed by atoms with Gasteiger partial charge in [0.25, 0.3) is 0 Å². The summed E-state index contributed by atoms with van der Waals surface area (Å²) in [6.45, 7) is 1.47. The van der Waals surface area contributed by atoms with E-state index in [9.17, 15) is 18.0 Å². The number of esters is 1. The maximum absolute atomic E-state index is 13.3. The molecule has 0 spiro atoms. The van der Waals surface area contributed by atoms with Crippen LogP contribution in [0.2, 0.25) is 0 Å². The average Bonchev–Trinajstić information content (AvgIpc) is 2.26. The van der Waals surface area contributed by atoms with Gasteiger partial charge in [0.15, 0.2) is 11.6 Å². The third-order valence-corrected chi connectivity index (χ3v) is 1.99. The summed E-state index contributed by atoms with van der Waals surface area (Å²) in [5.41, 5.74) is -0.479. The number of hydrogen-bond donors (Lipinski definition) is 0. The van der Waals surface area contributed by atoms with E-state index >= 15 is 0 Å². The lowest BCUT2D eigenvalue weighted by molar-refractivity contribution is -0.133. The van der Waals surface area contributed by atoms with Gasteiger partial charge < -0.3 is 4.74 Å². The van der Waals surface area contributed by atoms with E-state index in [-0.39, 0.29) is 11.1 Å². The number of benzene rings is 1. The minimum Gasteiger partial charge on any atom is -0.465 e. The zero-order chi connectivity index (χ0) is 12.3. The molecule has 0 aliphatic heterocycles. The van der Waals surface area contributed by atoms with Gasteiger partial charge in [-0.05, 0) is 13.0 Å². The van der Waals surface area contributed by atoms with E-state index in [0.29, 0.717) is 12.1 Å². The zero-order valence-corrected chi connectivity index (χ0v) is 8.68. The Bertz CT molecular complexity index is 453. The normalized spacial score (nSPS) is 11.4. The molecule has 0 heterocycles. The van der Waals surface area contributed by atoms with Crippen LogP contribution in [0.1, 0.15) is 12.5 Å². The lowest BCUT2D eigenvalue weighted by Crippen LogP contribution is -2.06. The summed E-state index contributed by atoms with van der Waals surface area (Å²) in [5, 5.41) is 0. The van der Waals surface area contributed by atoms with Crippen LogP contribution < -0.4 is 0 Å². The molecule has 0 atom stereocenters. The molecule has 0 bridgehead atoms. The van der Waals surface area contributed by atoms with Gasteiger partial charge in [0.05, 0.1) is 12.7 Å². The van der Waals surface area contributed by atoms with Crippen molar-refractivity contribution in [3.63, 3.8) is 0 Å². The van der Waals surface area contributed by atoms with E-state index < -0.39 is 23.4 Å². The number of rotatable bonds is 2. The van der Waals surface area contributed by atoms with E-state index in [1.54, 1.807) is 0 Å². The summed E-state index contributed by atoms with van der Waals surface area (Å²) < 4.78 is 43.3. The SMILES string of the molecule is CC=C(C(=O)OC)c1cc(F)c(F)cc1F. The van der Waals surface area contributed by atoms with E-state index in [2.05, 4.69) is 4.74 Å². The maximum Gasteiger partial charge on any atom is 0.338 e. The van der Waals surface area contributed by atoms with Crippen LogP contribution in [0, 0.1) is 17.5 Å². The second kappa shape index (κ2) is 4.83. The van der Waals surface area contributed by atoms with Crippen molar-refractivity contribution in [2.75, 3.05) is 7.11 Å². The topological polar surface area (TPSA) is 26.3 Å². The Morgan fingerprint density at radius 1 is 1.19 bits per heavy atom. The second-order valence-electron chi connectivity index (χ2n) is 2.94. The summed E-state index contributed by atoms with van der Waals surface area (Å²) in [5.74, 6) is -4.36. The van der Waals surface area contributed by atoms with Crippen LogP contribution in [0.3, 0.4) is 0 Å². The molecule has 0 fully saturated rings. The van der Waals surface area contributed by atoms with Gasteiger partial charge in [0.1, 0.15) is 5.82 Å². The molecule has 0 saturated heterocycles. The molecular formula is C11H9F3O2. The highest BCUT2D eigenvalue weighted by Gasteiger charge is 2.18. The van der Waals surface area contributed by atoms with Crippen molar-refractivity contribution in [1.29, 1.82) is 0 Å². The Hall–Kier alpha value is -1.78. The number of allylic oxidation sites excluding steroid dienone is 1. The predicted octanol–water partition coefficient (Wildman–Crippen LogP) is 2.68. The van der Waals surface area contributed by atoms with Crippen LogP contribution in [-0.4, -0.2) is 13.1 Å². The molecule has 5 heteroatoms. The first kappa shape index (κ1) is 12.3. The first-order valence-corrected chi connectivity index (χ1v) is 4.40. The third kappa shape index (κ3) is 2.24. The fraction of sp³-hybridized carbons (Fsp3) is 0.182. The molecule has 0 unspecified atom stereocenters. The Balaban J connectivity index is 3.32. The standard InChI is InChI=1S/C11H9F3O2/c1-3-6(11(15)16-2)7-4-9(13)10(14)5-8(7)12/h3-5H,1-2H3. The molecule has 1 rings (SSSR count). The van der Waals surface area contributed by atoms with Gasteiger partial charge in [-0.2, -0.15) is 0 Å². The number of carbonyl (C=O) groups is 1. The molecule has 0 N–H and O–H groups in total. The molecule has 1 aromatic rings. The Kier molecular flexibility index (Phi) is 3.71. The molecule has 2 nitrogen and oxygen atoms in total. The molecule has 0 radical (unpaired) electrons. The summed E-state index contributed by atoms with van der Waals surface area (Å²) in [4.78, 5) is 11.2. The van der Waals surface area contributed by atoms with Crippen molar-refractivity contribution in [2.24, 2.45) is 0 Å². The van der Waals surface area contributed by atoms with E-state index in [4.69, 9.17) is 0 Å². The highest BCUT2D eigenvalue weighted by atomic mass is 19.2. The third-order valence-electron chi connectivity index (χ3n) is 1.99. The van der Waals surface area contributed by atoms with Gasteiger partial charge in [-0.1, -0.05) is 6.08 Å². The van der Waals surface area contributed by atoms with Crippen LogP contribution >= 0.6 is 0 Å². The Morgan fingerprint density at radius 3 is 2.25 bits per heavy atom. The Morgan fingerprint density at radius 2 is 1.75 bits per heavy atom. The molecule has 0 amide bonds. The van der Waals surface area contributed by atoms with Gasteiger partial charge in [0, 0.05) is 11.6 Å². The lowest BCUT2D eigenvalue weighted by Gasteiger charge is -2.06. The number of methoxy groups -OCH3 is 1. The average molecular weight is 230 g/mol. The first-order chi connectivity index (χ1) is 7.51. The van der Waals surface area contributed by atoms with Crippen molar-refractivity contribution in [2.45, 2.75) is 6.92 Å². The van der Waals surface area contributed by atoms with E-state index in [1.807, 2.05) is 0 Å². The number of carbonyl (C=O) groups excluding carboxylic acids is 1. The first-order valence-electron chi connectivity index (χ1n) is 4.40. The quantitative estimate of drug-likeness (QED) is 0.443. The summed E-state index contributed by atoms with van der Waals surface area (Å²) in [7, 11) is 1.11. The van der Waals surface area contributed by atoms with Crippen molar-refractivity contribution < 1.29 is 22.7 Å². The zero-order valence-electron chi connectivity index (χ0n) is 8.68. The van der Waals surface area contributed by atoms with Gasteiger partial charge in [0.2, 0.25) is 0 Å². The molecule has 0 saturated carbocycles. The summed E-state index contributed by atoms with van der Waals surface area (Å²) in [6.07, 6.45) is 1.27. The van der Waals surface area contributed by atoms with E-state index in [1.165, 1.54) is 13.0 Å². The highest BCUT2D eigenvalue weighted by Crippen LogP contribution is 2.22. The van der Waals surface area contributed by atoms with Gasteiger partial charge in [-0.3, -0.25) is 0 Å². The smallest absolute Gasteiger partial charge is 0.338 e. The van der Waals surface area contributed by atoms with Crippen LogP contribution in [-0.2, 0) is 9.53 Å². The molecule has 0 aliphatic rings. The number of halogens is 3. The fourth-order valence-electron chi connectivity index (χ4n) is 1.22. The van der Waals surface area contributed by atoms with Crippen molar-refractivity contribution in [1.82, 2.24) is 0 Å². The lowest BCUT2D eigenvalue weighted by atomic mass is 10.0. The monoisotopic (exact) mass is 230 g/mol. The summed E-state index contributed by atoms with van der Waals surface area (Å²) in [6, 6.07) is 1.01. The summed E-state index contributed by atoms with van der Waals surface area (Å²) >= 11 is 0. The van der Waals surface area contributed by atoms with Crippen LogP contribution in [0.15, 0.2) is 18.2 Å². The predicted molar refractivity (Wildman–Crippen MR) is 52.0 cm³/mol. The molecule has 1 aromatic carbocycles. The van der Waals surface area contributed by atoms with Crippen LogP contribution in [0.5, 0.6) is 0 Å². The van der Waals surface area contributed by atoms with Crippen LogP contribution in [0.25, 0.3) is 5.57 Å². The largest absolute Gasteiger partial charge is 0.465 e. The number of hydrogen-bond acceptors (Lipinski definition) is 2.